The van der Waals surface area contributed by atoms with Gasteiger partial charge >= 0.3 is 0 Å². The van der Waals surface area contributed by atoms with Crippen molar-refractivity contribution in [3.8, 4) is 5.75 Å². The van der Waals surface area contributed by atoms with Crippen molar-refractivity contribution in [3.05, 3.63) is 70.3 Å². The van der Waals surface area contributed by atoms with Gasteiger partial charge in [-0.15, -0.1) is 0 Å². The number of nitrogens with one attached hydrogen (secondary N) is 1. The van der Waals surface area contributed by atoms with Crippen LogP contribution in [-0.4, -0.2) is 50.5 Å². The van der Waals surface area contributed by atoms with E-state index < -0.39 is 27.3 Å². The molecular formula is C31H37ClN2O5S. The average Bonchev–Trinajstić information content (AvgIpc) is 3.05. The molecule has 0 aromatic heterocycles. The molecule has 0 radical (unpaired) electrons. The Hall–Kier alpha value is -2.55. The zero-order valence-electron chi connectivity index (χ0n) is 22.8. The highest BCUT2D eigenvalue weighted by Gasteiger charge is 2.44. The SMILES string of the molecule is C[C@H]1C/C=C\CC(O)C2CCC2CN2CC3(CCCc4cc(Cl)ccc43)COc3ccc(cc32)C(=O)NS1(=O)=O. The lowest BCUT2D eigenvalue weighted by atomic mass is 9.68. The summed E-state index contributed by atoms with van der Waals surface area (Å²) in [5.74, 6) is 0.529. The van der Waals surface area contributed by atoms with Crippen LogP contribution in [0.3, 0.4) is 0 Å². The summed E-state index contributed by atoms with van der Waals surface area (Å²) in [6, 6.07) is 11.4. The molecule has 7 nitrogen and oxygen atoms in total. The van der Waals surface area contributed by atoms with Crippen LogP contribution in [0.25, 0.3) is 0 Å². The van der Waals surface area contributed by atoms with Crippen LogP contribution in [0.1, 0.15) is 66.9 Å². The number of aliphatic hydroxyl groups is 1. The van der Waals surface area contributed by atoms with Crippen molar-refractivity contribution in [2.24, 2.45) is 11.8 Å². The minimum absolute atomic E-state index is 0.172. The number of hydrogen-bond acceptors (Lipinski definition) is 6. The quantitative estimate of drug-likeness (QED) is 0.423. The summed E-state index contributed by atoms with van der Waals surface area (Å²) in [5.41, 5.74) is 3.34. The fraction of sp³-hybridized carbons (Fsp3) is 0.516. The number of hydrogen-bond donors (Lipinski definition) is 2. The largest absolute Gasteiger partial charge is 0.490 e. The number of amides is 1. The summed E-state index contributed by atoms with van der Waals surface area (Å²) in [4.78, 5) is 15.5. The Morgan fingerprint density at radius 1 is 1.12 bits per heavy atom. The van der Waals surface area contributed by atoms with Gasteiger partial charge in [0.15, 0.2) is 0 Å². The molecule has 4 unspecified atom stereocenters. The van der Waals surface area contributed by atoms with Crippen LogP contribution in [0.4, 0.5) is 5.69 Å². The van der Waals surface area contributed by atoms with Gasteiger partial charge in [0.2, 0.25) is 10.0 Å². The highest BCUT2D eigenvalue weighted by molar-refractivity contribution is 7.90. The van der Waals surface area contributed by atoms with Crippen LogP contribution in [0.2, 0.25) is 5.02 Å². The molecule has 2 aromatic carbocycles. The summed E-state index contributed by atoms with van der Waals surface area (Å²) < 4.78 is 34.6. The fourth-order valence-corrected chi connectivity index (χ4v) is 8.12. The number of sulfonamides is 1. The Labute approximate surface area is 241 Å². The molecule has 4 aliphatic rings. The van der Waals surface area contributed by atoms with Crippen LogP contribution in [-0.2, 0) is 21.9 Å². The number of halogens is 1. The van der Waals surface area contributed by atoms with Crippen molar-refractivity contribution >= 4 is 33.2 Å². The van der Waals surface area contributed by atoms with E-state index in [-0.39, 0.29) is 23.3 Å². The van der Waals surface area contributed by atoms with E-state index in [1.165, 1.54) is 11.1 Å². The van der Waals surface area contributed by atoms with E-state index in [0.717, 1.165) is 49.4 Å². The fourth-order valence-electron chi connectivity index (χ4n) is 6.98. The number of carbonyl (C=O) groups excluding carboxylic acids is 1. The molecule has 2 aliphatic heterocycles. The molecule has 1 spiro atoms. The highest BCUT2D eigenvalue weighted by Crippen LogP contribution is 2.46. The van der Waals surface area contributed by atoms with Gasteiger partial charge in [0.25, 0.3) is 5.91 Å². The number of aryl methyl sites for hydroxylation is 1. The molecule has 0 saturated heterocycles. The van der Waals surface area contributed by atoms with Crippen LogP contribution in [0, 0.1) is 11.8 Å². The van der Waals surface area contributed by atoms with Crippen molar-refractivity contribution in [1.29, 1.82) is 0 Å². The summed E-state index contributed by atoms with van der Waals surface area (Å²) in [6.45, 7) is 3.52. The van der Waals surface area contributed by atoms with Crippen molar-refractivity contribution in [2.75, 3.05) is 24.6 Å². The van der Waals surface area contributed by atoms with Gasteiger partial charge in [-0.3, -0.25) is 4.79 Å². The van der Waals surface area contributed by atoms with E-state index in [4.69, 9.17) is 16.3 Å². The minimum Gasteiger partial charge on any atom is -0.490 e. The first-order chi connectivity index (χ1) is 19.1. The van der Waals surface area contributed by atoms with Crippen molar-refractivity contribution in [2.45, 2.75) is 68.6 Å². The van der Waals surface area contributed by atoms with Crippen LogP contribution < -0.4 is 14.4 Å². The zero-order valence-corrected chi connectivity index (χ0v) is 24.4. The monoisotopic (exact) mass is 584 g/mol. The van der Waals surface area contributed by atoms with Gasteiger partial charge in [-0.1, -0.05) is 29.8 Å². The lowest BCUT2D eigenvalue weighted by Gasteiger charge is -2.45. The maximum atomic E-state index is 13.2. The normalized spacial score (nSPS) is 32.5. The van der Waals surface area contributed by atoms with Crippen LogP contribution >= 0.6 is 11.6 Å². The number of rotatable bonds is 0. The maximum absolute atomic E-state index is 13.2. The Morgan fingerprint density at radius 3 is 2.75 bits per heavy atom. The predicted molar refractivity (Wildman–Crippen MR) is 157 cm³/mol. The van der Waals surface area contributed by atoms with E-state index >= 15 is 0 Å². The van der Waals surface area contributed by atoms with Crippen molar-refractivity contribution in [3.63, 3.8) is 0 Å². The molecule has 2 aliphatic carbocycles. The van der Waals surface area contributed by atoms with Crippen LogP contribution in [0.15, 0.2) is 48.6 Å². The molecule has 2 aromatic rings. The first-order valence-corrected chi connectivity index (χ1v) is 16.3. The molecular weight excluding hydrogens is 548 g/mol. The standard InChI is InChI=1S/C31H37ClN2O5S/c1-20-5-2-3-7-28(35)25-11-8-23(25)17-34-18-31(14-4-6-21-15-24(32)10-12-26(21)31)19-39-29-13-9-22(16-27(29)34)30(36)33-40(20,37)38/h2-3,9-10,12-13,15-16,20,23,25,28,35H,4-8,11,14,17-19H2,1H3,(H,33,36)/b3-2-/t20-,23?,25?,28?,31?/m0/s1. The molecule has 2 heterocycles. The van der Waals surface area contributed by atoms with E-state index in [9.17, 15) is 18.3 Å². The second kappa shape index (κ2) is 10.7. The molecule has 1 saturated carbocycles. The number of nitrogens with zero attached hydrogens (tertiary/aromatic N) is 1. The number of aliphatic hydroxyl groups excluding tert-OH is 1. The predicted octanol–water partition coefficient (Wildman–Crippen LogP) is 5.00. The summed E-state index contributed by atoms with van der Waals surface area (Å²) in [7, 11) is -3.88. The van der Waals surface area contributed by atoms with Gasteiger partial charge in [-0.25, -0.2) is 13.1 Å². The molecule has 5 atom stereocenters. The molecule has 6 rings (SSSR count). The number of ether oxygens (including phenoxy) is 1. The average molecular weight is 585 g/mol. The van der Waals surface area contributed by atoms with Gasteiger partial charge in [-0.05, 0) is 105 Å². The van der Waals surface area contributed by atoms with E-state index in [1.807, 2.05) is 12.1 Å². The molecule has 40 heavy (non-hydrogen) atoms. The second-order valence-electron chi connectivity index (χ2n) is 12.1. The summed E-state index contributed by atoms with van der Waals surface area (Å²) >= 11 is 6.37. The van der Waals surface area contributed by atoms with Crippen molar-refractivity contribution in [1.82, 2.24) is 4.72 Å². The van der Waals surface area contributed by atoms with E-state index in [1.54, 1.807) is 31.2 Å². The number of allylic oxidation sites excluding steroid dienone is 1. The van der Waals surface area contributed by atoms with E-state index in [2.05, 4.69) is 21.8 Å². The lowest BCUT2D eigenvalue weighted by molar-refractivity contribution is 0.0177. The zero-order chi connectivity index (χ0) is 28.1. The molecule has 214 valence electrons. The number of fused-ring (bicyclic) bond motifs is 4. The van der Waals surface area contributed by atoms with Crippen molar-refractivity contribution < 1.29 is 23.1 Å². The first kappa shape index (κ1) is 27.6. The number of anilines is 1. The third-order valence-corrected chi connectivity index (χ3v) is 11.5. The number of carbonyl (C=O) groups is 1. The minimum atomic E-state index is -3.88. The lowest BCUT2D eigenvalue weighted by Crippen LogP contribution is -2.49. The Morgan fingerprint density at radius 2 is 1.95 bits per heavy atom. The molecule has 2 bridgehead atoms. The Kier molecular flexibility index (Phi) is 7.38. The summed E-state index contributed by atoms with van der Waals surface area (Å²) in [6.07, 6.45) is 8.93. The number of benzene rings is 2. The maximum Gasteiger partial charge on any atom is 0.264 e. The smallest absolute Gasteiger partial charge is 0.264 e. The third kappa shape index (κ3) is 5.14. The first-order valence-electron chi connectivity index (χ1n) is 14.3. The summed E-state index contributed by atoms with van der Waals surface area (Å²) in [5, 5.41) is 11.0. The molecule has 1 amide bonds. The molecule has 9 heteroatoms. The van der Waals surface area contributed by atoms with Gasteiger partial charge in [0, 0.05) is 29.1 Å². The van der Waals surface area contributed by atoms with E-state index in [0.29, 0.717) is 31.2 Å². The molecule has 1 fully saturated rings. The van der Waals surface area contributed by atoms with Crippen LogP contribution in [0.5, 0.6) is 5.75 Å². The Balaban J connectivity index is 1.42. The second-order valence-corrected chi connectivity index (χ2v) is 14.6. The van der Waals surface area contributed by atoms with Gasteiger partial charge in [0.1, 0.15) is 5.75 Å². The van der Waals surface area contributed by atoms with Gasteiger partial charge in [0.05, 0.1) is 23.6 Å². The molecule has 2 N–H and O–H groups in total. The topological polar surface area (TPSA) is 95.9 Å². The van der Waals surface area contributed by atoms with Gasteiger partial charge < -0.3 is 14.7 Å². The Bertz CT molecular complexity index is 1440. The highest BCUT2D eigenvalue weighted by atomic mass is 35.5. The third-order valence-electron chi connectivity index (χ3n) is 9.50. The van der Waals surface area contributed by atoms with Gasteiger partial charge in [-0.2, -0.15) is 0 Å².